The minimum absolute atomic E-state index is 0.241. The van der Waals surface area contributed by atoms with E-state index < -0.39 is 5.60 Å². The van der Waals surface area contributed by atoms with E-state index in [0.29, 0.717) is 13.1 Å². The van der Waals surface area contributed by atoms with Gasteiger partial charge in [0, 0.05) is 32.4 Å². The quantitative estimate of drug-likeness (QED) is 0.753. The predicted octanol–water partition coefficient (Wildman–Crippen LogP) is 3.31. The SMILES string of the molecule is Cc1ccc(C2=NOC3(CCN(C(=O)OC(C)(C)C)CC3)C2)cc1.O=C=O. The van der Waals surface area contributed by atoms with Crippen LogP contribution in [-0.2, 0) is 19.2 Å². The first-order valence-electron chi connectivity index (χ1n) is 8.97. The minimum atomic E-state index is -0.461. The van der Waals surface area contributed by atoms with Gasteiger partial charge in [-0.05, 0) is 33.3 Å². The van der Waals surface area contributed by atoms with Gasteiger partial charge in [0.15, 0.2) is 0 Å². The van der Waals surface area contributed by atoms with Crippen molar-refractivity contribution in [3.8, 4) is 0 Å². The Balaban J connectivity index is 0.000000817. The third kappa shape index (κ3) is 5.66. The Bertz CT molecular complexity index is 720. The van der Waals surface area contributed by atoms with E-state index in [-0.39, 0.29) is 17.8 Å². The Labute approximate surface area is 159 Å². The lowest BCUT2D eigenvalue weighted by Crippen LogP contribution is -2.48. The van der Waals surface area contributed by atoms with Crippen LogP contribution in [0.25, 0.3) is 0 Å². The summed E-state index contributed by atoms with van der Waals surface area (Å²) in [4.78, 5) is 36.0. The van der Waals surface area contributed by atoms with Gasteiger partial charge in [-0.25, -0.2) is 4.79 Å². The molecule has 1 fully saturated rings. The van der Waals surface area contributed by atoms with E-state index in [1.54, 1.807) is 4.90 Å². The Morgan fingerprint density at radius 3 is 2.26 bits per heavy atom. The van der Waals surface area contributed by atoms with Gasteiger partial charge in [0.2, 0.25) is 0 Å². The van der Waals surface area contributed by atoms with Crippen molar-refractivity contribution in [2.45, 2.75) is 58.2 Å². The van der Waals surface area contributed by atoms with Crippen molar-refractivity contribution >= 4 is 18.0 Å². The van der Waals surface area contributed by atoms with E-state index in [2.05, 4.69) is 36.3 Å². The van der Waals surface area contributed by atoms with E-state index in [0.717, 1.165) is 30.5 Å². The molecule has 1 aromatic rings. The number of hydrogen-bond donors (Lipinski definition) is 0. The maximum absolute atomic E-state index is 12.2. The summed E-state index contributed by atoms with van der Waals surface area (Å²) in [7, 11) is 0. The van der Waals surface area contributed by atoms with Crippen molar-refractivity contribution in [1.29, 1.82) is 0 Å². The monoisotopic (exact) mass is 374 g/mol. The Hall–Kier alpha value is -2.66. The molecule has 0 saturated carbocycles. The second-order valence-electron chi connectivity index (χ2n) is 7.91. The van der Waals surface area contributed by atoms with Gasteiger partial charge in [-0.15, -0.1) is 0 Å². The topological polar surface area (TPSA) is 85.3 Å². The summed E-state index contributed by atoms with van der Waals surface area (Å²) in [6, 6.07) is 8.36. The number of amides is 1. The Kier molecular flexibility index (Phi) is 6.39. The predicted molar refractivity (Wildman–Crippen MR) is 98.2 cm³/mol. The Morgan fingerprint density at radius 2 is 1.74 bits per heavy atom. The summed E-state index contributed by atoms with van der Waals surface area (Å²) in [6.45, 7) is 9.02. The number of aryl methyl sites for hydroxylation is 1. The number of benzene rings is 1. The van der Waals surface area contributed by atoms with Crippen LogP contribution in [0.15, 0.2) is 29.4 Å². The summed E-state index contributed by atoms with van der Waals surface area (Å²) < 4.78 is 5.45. The molecule has 2 aliphatic rings. The summed E-state index contributed by atoms with van der Waals surface area (Å²) in [5, 5.41) is 4.32. The first-order chi connectivity index (χ1) is 12.7. The number of carbonyl (C=O) groups is 1. The molecule has 7 heteroatoms. The molecule has 7 nitrogen and oxygen atoms in total. The molecule has 0 atom stereocenters. The van der Waals surface area contributed by atoms with Crippen LogP contribution in [-0.4, -0.2) is 47.1 Å². The van der Waals surface area contributed by atoms with Gasteiger partial charge in [-0.2, -0.15) is 9.59 Å². The molecule has 1 saturated heterocycles. The highest BCUT2D eigenvalue weighted by Gasteiger charge is 2.43. The highest BCUT2D eigenvalue weighted by Crippen LogP contribution is 2.36. The summed E-state index contributed by atoms with van der Waals surface area (Å²) in [5.41, 5.74) is 2.63. The van der Waals surface area contributed by atoms with Crippen LogP contribution >= 0.6 is 0 Å². The molecule has 0 aromatic heterocycles. The molecule has 27 heavy (non-hydrogen) atoms. The van der Waals surface area contributed by atoms with E-state index >= 15 is 0 Å². The molecule has 1 amide bonds. The molecule has 3 rings (SSSR count). The molecule has 1 spiro atoms. The molecule has 2 heterocycles. The number of carbonyl (C=O) groups excluding carboxylic acids is 3. The van der Waals surface area contributed by atoms with Gasteiger partial charge >= 0.3 is 12.2 Å². The van der Waals surface area contributed by atoms with Gasteiger partial charge in [-0.1, -0.05) is 35.0 Å². The molecular weight excluding hydrogens is 348 g/mol. The lowest BCUT2D eigenvalue weighted by atomic mass is 9.85. The molecule has 0 N–H and O–H groups in total. The van der Waals surface area contributed by atoms with Crippen LogP contribution in [0.4, 0.5) is 4.79 Å². The van der Waals surface area contributed by atoms with Gasteiger partial charge < -0.3 is 14.5 Å². The lowest BCUT2D eigenvalue weighted by molar-refractivity contribution is -0.191. The number of rotatable bonds is 1. The average Bonchev–Trinajstić information content (AvgIpc) is 2.99. The number of nitrogens with zero attached hydrogens (tertiary/aromatic N) is 2. The van der Waals surface area contributed by atoms with Crippen molar-refractivity contribution in [2.75, 3.05) is 13.1 Å². The van der Waals surface area contributed by atoms with E-state index in [1.165, 1.54) is 5.56 Å². The molecule has 0 unspecified atom stereocenters. The lowest BCUT2D eigenvalue weighted by Gasteiger charge is -2.37. The van der Waals surface area contributed by atoms with Crippen LogP contribution in [0.5, 0.6) is 0 Å². The van der Waals surface area contributed by atoms with Gasteiger partial charge in [0.25, 0.3) is 0 Å². The number of likely N-dealkylation sites (tertiary alicyclic amines) is 1. The smallest absolute Gasteiger partial charge is 0.410 e. The van der Waals surface area contributed by atoms with Crippen molar-refractivity contribution in [2.24, 2.45) is 5.16 Å². The third-order valence-electron chi connectivity index (χ3n) is 4.55. The molecule has 0 bridgehead atoms. The van der Waals surface area contributed by atoms with Crippen LogP contribution < -0.4 is 0 Å². The first kappa shape index (κ1) is 20.6. The van der Waals surface area contributed by atoms with Gasteiger partial charge in [-0.3, -0.25) is 0 Å². The standard InChI is InChI=1S/C19H26N2O3.CO2/c1-14-5-7-15(8-6-14)16-13-19(24-20-16)9-11-21(12-10-19)17(22)23-18(2,3)4;2-1-3/h5-8H,9-13H2,1-4H3;. The molecule has 146 valence electrons. The van der Waals surface area contributed by atoms with Crippen molar-refractivity contribution < 1.29 is 24.0 Å². The van der Waals surface area contributed by atoms with Crippen molar-refractivity contribution in [1.82, 2.24) is 4.90 Å². The summed E-state index contributed by atoms with van der Waals surface area (Å²) in [5.74, 6) is 0. The molecule has 0 aliphatic carbocycles. The molecule has 0 radical (unpaired) electrons. The first-order valence-corrected chi connectivity index (χ1v) is 8.97. The van der Waals surface area contributed by atoms with E-state index in [9.17, 15) is 4.79 Å². The maximum atomic E-state index is 12.2. The van der Waals surface area contributed by atoms with Crippen molar-refractivity contribution in [3.05, 3.63) is 35.4 Å². The molecular formula is C20H26N2O5. The van der Waals surface area contributed by atoms with Gasteiger partial charge in [0.1, 0.15) is 11.2 Å². The van der Waals surface area contributed by atoms with Crippen LogP contribution in [0.3, 0.4) is 0 Å². The zero-order valence-electron chi connectivity index (χ0n) is 16.3. The number of ether oxygens (including phenoxy) is 1. The summed E-state index contributed by atoms with van der Waals surface area (Å²) >= 11 is 0. The highest BCUT2D eigenvalue weighted by molar-refractivity contribution is 6.01. The molecule has 1 aromatic carbocycles. The second-order valence-corrected chi connectivity index (χ2v) is 7.91. The second kappa shape index (κ2) is 8.35. The normalized spacial score (nSPS) is 17.9. The average molecular weight is 374 g/mol. The third-order valence-corrected chi connectivity index (χ3v) is 4.55. The largest absolute Gasteiger partial charge is 0.444 e. The van der Waals surface area contributed by atoms with E-state index in [4.69, 9.17) is 19.2 Å². The number of piperidine rings is 1. The van der Waals surface area contributed by atoms with Crippen molar-refractivity contribution in [3.63, 3.8) is 0 Å². The minimum Gasteiger partial charge on any atom is -0.444 e. The zero-order valence-corrected chi connectivity index (χ0v) is 16.3. The zero-order chi connectivity index (χ0) is 20.1. The van der Waals surface area contributed by atoms with E-state index in [1.807, 2.05) is 20.8 Å². The summed E-state index contributed by atoms with van der Waals surface area (Å²) in [6.07, 6.45) is 2.38. The fourth-order valence-electron chi connectivity index (χ4n) is 3.11. The number of hydrogen-bond acceptors (Lipinski definition) is 6. The van der Waals surface area contributed by atoms with Crippen LogP contribution in [0.1, 0.15) is 51.2 Å². The highest BCUT2D eigenvalue weighted by atomic mass is 16.7. The number of oxime groups is 1. The van der Waals surface area contributed by atoms with Gasteiger partial charge in [0.05, 0.1) is 5.71 Å². The van der Waals surface area contributed by atoms with Crippen LogP contribution in [0, 0.1) is 6.92 Å². The maximum Gasteiger partial charge on any atom is 0.410 e. The Morgan fingerprint density at radius 1 is 1.19 bits per heavy atom. The fraction of sp³-hybridized carbons (Fsp3) is 0.550. The molecule has 2 aliphatic heterocycles. The van der Waals surface area contributed by atoms with Crippen LogP contribution in [0.2, 0.25) is 0 Å². The fourth-order valence-corrected chi connectivity index (χ4v) is 3.11.